The number of aliphatic hydroxyl groups excluding tert-OH is 2. The van der Waals surface area contributed by atoms with E-state index in [4.69, 9.17) is 30.5 Å². The molecule has 1 aliphatic heterocycles. The summed E-state index contributed by atoms with van der Waals surface area (Å²) >= 11 is 5.50. The number of halogens is 2. The number of aliphatic hydroxyl groups is 2. The van der Waals surface area contributed by atoms with E-state index in [1.165, 1.54) is 0 Å². The molecular weight excluding hydrogens is 581 g/mol. The van der Waals surface area contributed by atoms with E-state index in [1.54, 1.807) is 27.7 Å². The lowest BCUT2D eigenvalue weighted by Crippen LogP contribution is -2.53. The molecule has 228 valence electrons. The number of aromatic amines is 1. The zero-order valence-corrected chi connectivity index (χ0v) is 24.1. The summed E-state index contributed by atoms with van der Waals surface area (Å²) < 4.78 is 50.5. The van der Waals surface area contributed by atoms with Crippen LogP contribution in [0.25, 0.3) is 0 Å². The van der Waals surface area contributed by atoms with Gasteiger partial charge < -0.3 is 28.9 Å². The van der Waals surface area contributed by atoms with Gasteiger partial charge in [-0.3, -0.25) is 34.1 Å². The molecule has 1 aliphatic rings. The number of carbonyl (C=O) groups excluding carboxylic acids is 2. The average molecular weight is 617 g/mol. The van der Waals surface area contributed by atoms with Gasteiger partial charge in [0.05, 0.1) is 31.7 Å². The molecule has 0 saturated carbocycles. The molecule has 0 unspecified atom stereocenters. The summed E-state index contributed by atoms with van der Waals surface area (Å²) in [6.45, 7) is 1.91. The van der Waals surface area contributed by atoms with E-state index in [0.717, 1.165) is 12.3 Å². The molecule has 1 fully saturated rings. The Bertz CT molecular complexity index is 1150. The molecule has 1 aromatic rings. The highest BCUT2D eigenvalue weighted by Gasteiger charge is 2.61. The number of aromatic nitrogens is 2. The van der Waals surface area contributed by atoms with Crippen LogP contribution in [0.15, 0.2) is 21.9 Å². The first-order valence-corrected chi connectivity index (χ1v) is 15.1. The zero-order chi connectivity index (χ0) is 30.3. The summed E-state index contributed by atoms with van der Waals surface area (Å²) in [7, 11) is 0. The number of carbonyl (C=O) groups is 2. The van der Waals surface area contributed by atoms with Crippen molar-refractivity contribution in [1.82, 2.24) is 19.7 Å². The second-order valence-electron chi connectivity index (χ2n) is 9.44. The molecule has 18 heteroatoms. The predicted octanol–water partition coefficient (Wildman–Crippen LogP) is -0.105. The van der Waals surface area contributed by atoms with Crippen LogP contribution in [0.3, 0.4) is 0 Å². The minimum absolute atomic E-state index is 0.0879. The highest BCUT2D eigenvalue weighted by molar-refractivity contribution is 8.10. The molecule has 1 aromatic heterocycles. The van der Waals surface area contributed by atoms with Crippen LogP contribution in [0.4, 0.5) is 8.78 Å². The first kappa shape index (κ1) is 34.1. The summed E-state index contributed by atoms with van der Waals surface area (Å²) in [5, 5.41) is 26.7. The van der Waals surface area contributed by atoms with Crippen molar-refractivity contribution in [3.8, 4) is 0 Å². The third-order valence-corrected chi connectivity index (χ3v) is 8.32. The molecule has 0 radical (unpaired) electrons. The summed E-state index contributed by atoms with van der Waals surface area (Å²) in [6.07, 6.45) is -9.60. The van der Waals surface area contributed by atoms with Crippen LogP contribution < -0.4 is 21.4 Å². The van der Waals surface area contributed by atoms with Crippen LogP contribution in [0.2, 0.25) is 0 Å². The van der Waals surface area contributed by atoms with Gasteiger partial charge in [-0.05, 0) is 39.5 Å². The monoisotopic (exact) mass is 616 g/mol. The molecule has 0 spiro atoms. The molecule has 1 saturated heterocycles. The number of alkyl halides is 2. The highest BCUT2D eigenvalue weighted by atomic mass is 32.4. The van der Waals surface area contributed by atoms with Crippen LogP contribution in [-0.2, 0) is 40.1 Å². The maximum Gasteiger partial charge on any atom is 0.330 e. The van der Waals surface area contributed by atoms with Gasteiger partial charge in [0.25, 0.3) is 12.0 Å². The molecule has 0 bridgehead atoms. The summed E-state index contributed by atoms with van der Waals surface area (Å²) in [6, 6.07) is 0.908. The van der Waals surface area contributed by atoms with E-state index in [1.807, 2.05) is 4.98 Å². The Kier molecular flexibility index (Phi) is 12.5. The topological polar surface area (TPSA) is 190 Å². The van der Waals surface area contributed by atoms with Crippen molar-refractivity contribution >= 4 is 30.3 Å². The molecule has 0 amide bonds. The first-order valence-electron chi connectivity index (χ1n) is 12.4. The Hall–Kier alpha value is -2.11. The number of esters is 2. The molecule has 40 heavy (non-hydrogen) atoms. The molecule has 0 aromatic carbocycles. The Labute approximate surface area is 233 Å². The fourth-order valence-electron chi connectivity index (χ4n) is 3.61. The van der Waals surface area contributed by atoms with E-state index in [9.17, 15) is 38.2 Å². The van der Waals surface area contributed by atoms with Crippen LogP contribution in [0, 0.1) is 0 Å². The number of rotatable bonds is 15. The first-order chi connectivity index (χ1) is 18.6. The van der Waals surface area contributed by atoms with Crippen LogP contribution in [-0.4, -0.2) is 87.8 Å². The standard InChI is InChI=1S/C22H35F2N4O10PS/c1-12(2)36-15(30)5-8-25-39(40,26-9-6-16(31)37-13(3)4)35-11-22(20(23)24)18(33)17(32)19(38-22)28-10-7-14(29)27-21(28)34/h7,10,12-13,17-20,32-33H,5-6,8-9,11H2,1-4H3,(H2,25,26,40)(H,27,29,34)/t17-,18+,19-,22-/m1/s1. The van der Waals surface area contributed by atoms with Crippen molar-refractivity contribution in [3.63, 3.8) is 0 Å². The molecule has 2 heterocycles. The fourth-order valence-corrected chi connectivity index (χ4v) is 5.81. The molecule has 2 rings (SSSR count). The Balaban J connectivity index is 2.23. The zero-order valence-electron chi connectivity index (χ0n) is 22.4. The Morgan fingerprint density at radius 1 is 1.12 bits per heavy atom. The molecular formula is C22H35F2N4O10PS. The van der Waals surface area contributed by atoms with Gasteiger partial charge in [0, 0.05) is 25.4 Å². The lowest BCUT2D eigenvalue weighted by Gasteiger charge is -2.34. The van der Waals surface area contributed by atoms with E-state index < -0.39 is 66.8 Å². The lowest BCUT2D eigenvalue weighted by molar-refractivity contribution is -0.191. The maximum absolute atomic E-state index is 14.4. The van der Waals surface area contributed by atoms with Crippen molar-refractivity contribution in [3.05, 3.63) is 33.1 Å². The van der Waals surface area contributed by atoms with Crippen LogP contribution in [0.5, 0.6) is 0 Å². The largest absolute Gasteiger partial charge is 0.463 e. The number of nitrogens with zero attached hydrogens (tertiary/aromatic N) is 1. The SMILES string of the molecule is CC(C)OC(=O)CCNP(=S)(NCCC(=O)OC(C)C)OC[C@@]1(C(F)F)O[C@@H](n2ccc(=O)[nH]c2=O)[C@H](O)[C@@H]1O. The number of hydrogen-bond acceptors (Lipinski definition) is 11. The highest BCUT2D eigenvalue weighted by Crippen LogP contribution is 2.45. The average Bonchev–Trinajstić information content (AvgIpc) is 3.08. The Morgan fingerprint density at radius 3 is 2.10 bits per heavy atom. The summed E-state index contributed by atoms with van der Waals surface area (Å²) in [5.74, 6) is -1.11. The van der Waals surface area contributed by atoms with Gasteiger partial charge in [0.15, 0.2) is 18.4 Å². The number of ether oxygens (including phenoxy) is 3. The minimum Gasteiger partial charge on any atom is -0.463 e. The van der Waals surface area contributed by atoms with Crippen molar-refractivity contribution in [2.75, 3.05) is 19.7 Å². The van der Waals surface area contributed by atoms with Gasteiger partial charge >= 0.3 is 17.6 Å². The van der Waals surface area contributed by atoms with Gasteiger partial charge in [-0.15, -0.1) is 0 Å². The lowest BCUT2D eigenvalue weighted by atomic mass is 9.96. The number of nitrogens with one attached hydrogen (secondary N) is 3. The molecule has 14 nitrogen and oxygen atoms in total. The van der Waals surface area contributed by atoms with Gasteiger partial charge in [-0.1, -0.05) is 0 Å². The number of hydrogen-bond donors (Lipinski definition) is 5. The van der Waals surface area contributed by atoms with Crippen molar-refractivity contribution < 1.29 is 47.3 Å². The molecule has 5 N–H and O–H groups in total. The predicted molar refractivity (Wildman–Crippen MR) is 140 cm³/mol. The van der Waals surface area contributed by atoms with Gasteiger partial charge in [0.2, 0.25) is 0 Å². The maximum atomic E-state index is 14.4. The third kappa shape index (κ3) is 9.21. The van der Waals surface area contributed by atoms with Gasteiger partial charge in [0.1, 0.15) is 12.2 Å². The fraction of sp³-hybridized carbons (Fsp3) is 0.727. The van der Waals surface area contributed by atoms with Crippen molar-refractivity contribution in [1.29, 1.82) is 0 Å². The van der Waals surface area contributed by atoms with Gasteiger partial charge in [-0.2, -0.15) is 0 Å². The summed E-state index contributed by atoms with van der Waals surface area (Å²) in [4.78, 5) is 49.3. The second kappa shape index (κ2) is 14.7. The van der Waals surface area contributed by atoms with E-state index in [2.05, 4.69) is 10.2 Å². The smallest absolute Gasteiger partial charge is 0.330 e. The minimum atomic E-state index is -3.49. The van der Waals surface area contributed by atoms with E-state index in [-0.39, 0.29) is 38.1 Å². The van der Waals surface area contributed by atoms with Crippen molar-refractivity contribution in [2.45, 2.75) is 83.2 Å². The van der Waals surface area contributed by atoms with E-state index in [0.29, 0.717) is 4.57 Å². The Morgan fingerprint density at radius 2 is 1.65 bits per heavy atom. The summed E-state index contributed by atoms with van der Waals surface area (Å²) in [5.41, 5.74) is -4.69. The van der Waals surface area contributed by atoms with Gasteiger partial charge in [-0.25, -0.2) is 13.6 Å². The molecule has 0 aliphatic carbocycles. The van der Waals surface area contributed by atoms with E-state index >= 15 is 0 Å². The van der Waals surface area contributed by atoms with Crippen LogP contribution in [0.1, 0.15) is 46.8 Å². The molecule has 4 atom stereocenters. The van der Waals surface area contributed by atoms with Crippen molar-refractivity contribution in [2.24, 2.45) is 0 Å². The quantitative estimate of drug-likeness (QED) is 0.130. The second-order valence-corrected chi connectivity index (χ2v) is 13.0. The number of H-pyrrole nitrogens is 1. The van der Waals surface area contributed by atoms with Crippen LogP contribution >= 0.6 is 6.57 Å². The normalized spacial score (nSPS) is 23.2. The third-order valence-electron chi connectivity index (χ3n) is 5.46.